The van der Waals surface area contributed by atoms with Gasteiger partial charge < -0.3 is 10.6 Å². The van der Waals surface area contributed by atoms with E-state index in [9.17, 15) is 4.79 Å². The van der Waals surface area contributed by atoms with Crippen molar-refractivity contribution >= 4 is 34.8 Å². The van der Waals surface area contributed by atoms with Gasteiger partial charge in [-0.25, -0.2) is 0 Å². The molecule has 92 valence electrons. The molecule has 1 aromatic rings. The highest BCUT2D eigenvalue weighted by molar-refractivity contribution is 6.42. The Hall–Kier alpha value is -0.770. The molecule has 0 aliphatic heterocycles. The first kappa shape index (κ1) is 12.7. The largest absolute Gasteiger partial charge is 0.325 e. The van der Waals surface area contributed by atoms with Gasteiger partial charge in [-0.3, -0.25) is 4.79 Å². The van der Waals surface area contributed by atoms with Crippen LogP contribution in [0.1, 0.15) is 12.8 Å². The van der Waals surface area contributed by atoms with Crippen LogP contribution >= 0.6 is 23.2 Å². The number of hydrogen-bond donors (Lipinski definition) is 2. The molecule has 0 heterocycles. The summed E-state index contributed by atoms with van der Waals surface area (Å²) in [6, 6.07) is 5.03. The standard InChI is InChI=1S/C12H14Cl2N2O/c13-10-4-3-9(5-11(10)14)16-12(17)7-15-6-8-1-2-8/h3-5,8,15H,1-2,6-7H2,(H,16,17). The zero-order valence-electron chi connectivity index (χ0n) is 9.30. The molecule has 1 fully saturated rings. The van der Waals surface area contributed by atoms with Crippen molar-refractivity contribution < 1.29 is 4.79 Å². The fourth-order valence-corrected chi connectivity index (χ4v) is 1.79. The third kappa shape index (κ3) is 4.19. The number of rotatable bonds is 5. The first-order valence-electron chi connectivity index (χ1n) is 5.61. The molecule has 0 saturated heterocycles. The summed E-state index contributed by atoms with van der Waals surface area (Å²) >= 11 is 11.6. The number of halogens is 2. The maximum absolute atomic E-state index is 11.6. The molecule has 0 aromatic heterocycles. The van der Waals surface area contributed by atoms with Crippen LogP contribution in [0, 0.1) is 5.92 Å². The molecule has 0 radical (unpaired) electrons. The van der Waals surface area contributed by atoms with Crippen molar-refractivity contribution in [2.75, 3.05) is 18.4 Å². The maximum Gasteiger partial charge on any atom is 0.238 e. The van der Waals surface area contributed by atoms with Gasteiger partial charge in [0.15, 0.2) is 0 Å². The Kier molecular flexibility index (Phi) is 4.26. The predicted molar refractivity (Wildman–Crippen MR) is 70.7 cm³/mol. The minimum absolute atomic E-state index is 0.0657. The van der Waals surface area contributed by atoms with Crippen molar-refractivity contribution in [2.24, 2.45) is 5.92 Å². The lowest BCUT2D eigenvalue weighted by Crippen LogP contribution is -2.29. The molecule has 1 saturated carbocycles. The molecule has 2 N–H and O–H groups in total. The summed E-state index contributed by atoms with van der Waals surface area (Å²) in [6.07, 6.45) is 2.56. The highest BCUT2D eigenvalue weighted by atomic mass is 35.5. The van der Waals surface area contributed by atoms with E-state index >= 15 is 0 Å². The Morgan fingerprint density at radius 3 is 2.71 bits per heavy atom. The Labute approximate surface area is 110 Å². The van der Waals surface area contributed by atoms with E-state index < -0.39 is 0 Å². The molecule has 2 rings (SSSR count). The van der Waals surface area contributed by atoms with Gasteiger partial charge in [-0.1, -0.05) is 23.2 Å². The van der Waals surface area contributed by atoms with E-state index in [1.54, 1.807) is 18.2 Å². The lowest BCUT2D eigenvalue weighted by molar-refractivity contribution is -0.115. The zero-order chi connectivity index (χ0) is 12.3. The lowest BCUT2D eigenvalue weighted by atomic mass is 10.3. The quantitative estimate of drug-likeness (QED) is 0.866. The third-order valence-electron chi connectivity index (χ3n) is 2.62. The molecular formula is C12H14Cl2N2O. The fourth-order valence-electron chi connectivity index (χ4n) is 1.49. The fraction of sp³-hybridized carbons (Fsp3) is 0.417. The molecule has 17 heavy (non-hydrogen) atoms. The number of carbonyl (C=O) groups is 1. The summed E-state index contributed by atoms with van der Waals surface area (Å²) in [5.41, 5.74) is 0.664. The molecule has 0 unspecified atom stereocenters. The molecule has 3 nitrogen and oxygen atoms in total. The van der Waals surface area contributed by atoms with Gasteiger partial charge in [-0.05, 0) is 43.5 Å². The van der Waals surface area contributed by atoms with Crippen molar-refractivity contribution in [1.82, 2.24) is 5.32 Å². The molecule has 0 atom stereocenters. The lowest BCUT2D eigenvalue weighted by Gasteiger charge is -2.07. The van der Waals surface area contributed by atoms with Crippen molar-refractivity contribution in [2.45, 2.75) is 12.8 Å². The third-order valence-corrected chi connectivity index (χ3v) is 3.36. The number of nitrogens with one attached hydrogen (secondary N) is 2. The van der Waals surface area contributed by atoms with E-state index in [0.29, 0.717) is 22.3 Å². The summed E-state index contributed by atoms with van der Waals surface area (Å²) in [5, 5.41) is 6.80. The average Bonchev–Trinajstić information content (AvgIpc) is 3.07. The second-order valence-corrected chi connectivity index (χ2v) is 5.07. The van der Waals surface area contributed by atoms with Crippen molar-refractivity contribution in [3.05, 3.63) is 28.2 Å². The van der Waals surface area contributed by atoms with Crippen molar-refractivity contribution in [3.8, 4) is 0 Å². The van der Waals surface area contributed by atoms with E-state index in [1.165, 1.54) is 12.8 Å². The first-order valence-corrected chi connectivity index (χ1v) is 6.36. The molecule has 1 aliphatic rings. The highest BCUT2D eigenvalue weighted by Gasteiger charge is 2.20. The Bertz CT molecular complexity index is 419. The number of carbonyl (C=O) groups excluding carboxylic acids is 1. The van der Waals surface area contributed by atoms with Gasteiger partial charge in [0.1, 0.15) is 0 Å². The number of benzene rings is 1. The molecule has 0 bridgehead atoms. The topological polar surface area (TPSA) is 41.1 Å². The maximum atomic E-state index is 11.6. The number of hydrogen-bond acceptors (Lipinski definition) is 2. The Morgan fingerprint density at radius 1 is 1.29 bits per heavy atom. The van der Waals surface area contributed by atoms with Gasteiger partial charge in [0.25, 0.3) is 0 Å². The van der Waals surface area contributed by atoms with Gasteiger partial charge in [0.05, 0.1) is 16.6 Å². The first-order chi connectivity index (χ1) is 8.15. The second kappa shape index (κ2) is 5.71. The molecular weight excluding hydrogens is 259 g/mol. The normalized spacial score (nSPS) is 14.7. The summed E-state index contributed by atoms with van der Waals surface area (Å²) in [4.78, 5) is 11.6. The summed E-state index contributed by atoms with van der Waals surface area (Å²) in [7, 11) is 0. The second-order valence-electron chi connectivity index (χ2n) is 4.25. The molecule has 1 aromatic carbocycles. The van der Waals surface area contributed by atoms with Crippen LogP contribution in [0.5, 0.6) is 0 Å². The van der Waals surface area contributed by atoms with Crippen LogP contribution < -0.4 is 10.6 Å². The van der Waals surface area contributed by atoms with Crippen molar-refractivity contribution in [3.63, 3.8) is 0 Å². The monoisotopic (exact) mass is 272 g/mol. The number of amides is 1. The van der Waals surface area contributed by atoms with E-state index in [2.05, 4.69) is 10.6 Å². The van der Waals surface area contributed by atoms with Crippen LogP contribution in [0.2, 0.25) is 10.0 Å². The molecule has 1 amide bonds. The molecule has 5 heteroatoms. The van der Waals surface area contributed by atoms with E-state index in [1.807, 2.05) is 0 Å². The van der Waals surface area contributed by atoms with Crippen LogP contribution in [0.4, 0.5) is 5.69 Å². The van der Waals surface area contributed by atoms with E-state index in [4.69, 9.17) is 23.2 Å². The summed E-state index contributed by atoms with van der Waals surface area (Å²) in [6.45, 7) is 1.26. The average molecular weight is 273 g/mol. The Morgan fingerprint density at radius 2 is 2.06 bits per heavy atom. The van der Waals surface area contributed by atoms with Gasteiger partial charge >= 0.3 is 0 Å². The van der Waals surface area contributed by atoms with Crippen molar-refractivity contribution in [1.29, 1.82) is 0 Å². The zero-order valence-corrected chi connectivity index (χ0v) is 10.8. The predicted octanol–water partition coefficient (Wildman–Crippen LogP) is 2.93. The van der Waals surface area contributed by atoms with Gasteiger partial charge in [0, 0.05) is 5.69 Å². The van der Waals surface area contributed by atoms with Crippen LogP contribution in [0.3, 0.4) is 0 Å². The minimum Gasteiger partial charge on any atom is -0.325 e. The van der Waals surface area contributed by atoms with E-state index in [0.717, 1.165) is 12.5 Å². The van der Waals surface area contributed by atoms with Crippen LogP contribution in [-0.2, 0) is 4.79 Å². The summed E-state index contributed by atoms with van der Waals surface area (Å²) < 4.78 is 0. The van der Waals surface area contributed by atoms with Gasteiger partial charge in [-0.2, -0.15) is 0 Å². The smallest absolute Gasteiger partial charge is 0.238 e. The summed E-state index contributed by atoms with van der Waals surface area (Å²) in [5.74, 6) is 0.705. The minimum atomic E-state index is -0.0657. The van der Waals surface area contributed by atoms with Gasteiger partial charge in [0.2, 0.25) is 5.91 Å². The van der Waals surface area contributed by atoms with E-state index in [-0.39, 0.29) is 5.91 Å². The van der Waals surface area contributed by atoms with Crippen LogP contribution in [0.15, 0.2) is 18.2 Å². The van der Waals surface area contributed by atoms with Gasteiger partial charge in [-0.15, -0.1) is 0 Å². The van der Waals surface area contributed by atoms with Crippen LogP contribution in [0.25, 0.3) is 0 Å². The molecule has 1 aliphatic carbocycles. The number of anilines is 1. The van der Waals surface area contributed by atoms with Crippen LogP contribution in [-0.4, -0.2) is 19.0 Å². The Balaban J connectivity index is 1.77. The highest BCUT2D eigenvalue weighted by Crippen LogP contribution is 2.27. The molecule has 0 spiro atoms. The SMILES string of the molecule is O=C(CNCC1CC1)Nc1ccc(Cl)c(Cl)c1.